The minimum absolute atomic E-state index is 0.0470. The van der Waals surface area contributed by atoms with Gasteiger partial charge in [-0.3, -0.25) is 9.69 Å². The number of likely N-dealkylation sites (N-methyl/N-ethyl adjacent to an activating group) is 1. The van der Waals surface area contributed by atoms with Crippen molar-refractivity contribution < 1.29 is 19.0 Å². The lowest BCUT2D eigenvalue weighted by molar-refractivity contribution is -0.122. The lowest BCUT2D eigenvalue weighted by atomic mass is 10.1. The van der Waals surface area contributed by atoms with E-state index in [0.29, 0.717) is 23.8 Å². The molecule has 0 bridgehead atoms. The Balaban J connectivity index is 1.95. The Morgan fingerprint density at radius 3 is 2.32 bits per heavy atom. The summed E-state index contributed by atoms with van der Waals surface area (Å²) in [6.07, 6.45) is 1.85. The number of carbonyl (C=O) groups is 1. The van der Waals surface area contributed by atoms with Gasteiger partial charge in [0, 0.05) is 20.1 Å². The number of nitrogens with one attached hydrogen (secondary N) is 1. The Labute approximate surface area is 131 Å². The topological polar surface area (TPSA) is 60.0 Å². The SMILES string of the molecule is CNC(=O)CN1CCC(Oc2c(OC)cccc2OC)CC1. The smallest absolute Gasteiger partial charge is 0.233 e. The average Bonchev–Trinajstić information content (AvgIpc) is 2.56. The number of nitrogens with zero attached hydrogens (tertiary/aromatic N) is 1. The predicted molar refractivity (Wildman–Crippen MR) is 83.7 cm³/mol. The number of rotatable bonds is 6. The molecule has 122 valence electrons. The third kappa shape index (κ3) is 4.04. The third-order valence-corrected chi connectivity index (χ3v) is 3.85. The number of piperidine rings is 1. The van der Waals surface area contributed by atoms with E-state index >= 15 is 0 Å². The number of carbonyl (C=O) groups excluding carboxylic acids is 1. The van der Waals surface area contributed by atoms with E-state index in [1.165, 1.54) is 0 Å². The first-order chi connectivity index (χ1) is 10.7. The molecular formula is C16H24N2O4. The molecule has 0 saturated carbocycles. The molecule has 1 aromatic carbocycles. The molecule has 1 aromatic rings. The van der Waals surface area contributed by atoms with Gasteiger partial charge in [-0.1, -0.05) is 6.07 Å². The maximum atomic E-state index is 11.4. The van der Waals surface area contributed by atoms with E-state index in [2.05, 4.69) is 10.2 Å². The van der Waals surface area contributed by atoms with Gasteiger partial charge in [0.15, 0.2) is 11.5 Å². The molecule has 0 spiro atoms. The second-order valence-corrected chi connectivity index (χ2v) is 5.26. The monoisotopic (exact) mass is 308 g/mol. The van der Waals surface area contributed by atoms with Gasteiger partial charge in [0.2, 0.25) is 11.7 Å². The molecular weight excluding hydrogens is 284 g/mol. The van der Waals surface area contributed by atoms with Crippen molar-refractivity contribution in [2.75, 3.05) is 40.9 Å². The van der Waals surface area contributed by atoms with Crippen molar-refractivity contribution >= 4 is 5.91 Å². The highest BCUT2D eigenvalue weighted by Gasteiger charge is 2.24. The number of para-hydroxylation sites is 1. The second kappa shape index (κ2) is 7.89. The van der Waals surface area contributed by atoms with Crippen molar-refractivity contribution in [1.82, 2.24) is 10.2 Å². The summed E-state index contributed by atoms with van der Waals surface area (Å²) in [7, 11) is 4.90. The zero-order valence-corrected chi connectivity index (χ0v) is 13.4. The van der Waals surface area contributed by atoms with Crippen LogP contribution in [0.25, 0.3) is 0 Å². The second-order valence-electron chi connectivity index (χ2n) is 5.26. The highest BCUT2D eigenvalue weighted by Crippen LogP contribution is 2.38. The van der Waals surface area contributed by atoms with Crippen LogP contribution in [-0.4, -0.2) is 57.8 Å². The van der Waals surface area contributed by atoms with Crippen LogP contribution in [0.2, 0.25) is 0 Å². The molecule has 0 radical (unpaired) electrons. The molecule has 0 atom stereocenters. The van der Waals surface area contributed by atoms with Crippen molar-refractivity contribution in [2.45, 2.75) is 18.9 Å². The lowest BCUT2D eigenvalue weighted by Crippen LogP contribution is -2.43. The van der Waals surface area contributed by atoms with Gasteiger partial charge in [0.05, 0.1) is 20.8 Å². The quantitative estimate of drug-likeness (QED) is 0.858. The molecule has 1 aliphatic rings. The zero-order chi connectivity index (χ0) is 15.9. The van der Waals surface area contributed by atoms with Crippen LogP contribution in [0, 0.1) is 0 Å². The molecule has 0 unspecified atom stereocenters. The largest absolute Gasteiger partial charge is 0.493 e. The van der Waals surface area contributed by atoms with Crippen LogP contribution in [0.3, 0.4) is 0 Å². The van der Waals surface area contributed by atoms with Gasteiger partial charge < -0.3 is 19.5 Å². The zero-order valence-electron chi connectivity index (χ0n) is 13.4. The molecule has 1 amide bonds. The highest BCUT2D eigenvalue weighted by molar-refractivity contribution is 5.77. The molecule has 1 aliphatic heterocycles. The van der Waals surface area contributed by atoms with Gasteiger partial charge in [-0.05, 0) is 25.0 Å². The number of methoxy groups -OCH3 is 2. The first-order valence-corrected chi connectivity index (χ1v) is 7.48. The summed E-state index contributed by atoms with van der Waals surface area (Å²) in [6, 6.07) is 5.59. The summed E-state index contributed by atoms with van der Waals surface area (Å²) in [4.78, 5) is 13.5. The van der Waals surface area contributed by atoms with E-state index < -0.39 is 0 Å². The first kappa shape index (κ1) is 16.4. The summed E-state index contributed by atoms with van der Waals surface area (Å²) in [5, 5.41) is 2.65. The van der Waals surface area contributed by atoms with E-state index in [1.807, 2.05) is 18.2 Å². The van der Waals surface area contributed by atoms with Crippen molar-refractivity contribution in [2.24, 2.45) is 0 Å². The fourth-order valence-electron chi connectivity index (χ4n) is 2.57. The van der Waals surface area contributed by atoms with Gasteiger partial charge in [-0.25, -0.2) is 0 Å². The van der Waals surface area contributed by atoms with Crippen molar-refractivity contribution in [1.29, 1.82) is 0 Å². The molecule has 1 fully saturated rings. The van der Waals surface area contributed by atoms with Crippen LogP contribution < -0.4 is 19.5 Å². The van der Waals surface area contributed by atoms with Gasteiger partial charge in [-0.15, -0.1) is 0 Å². The number of amides is 1. The minimum atomic E-state index is 0.0470. The lowest BCUT2D eigenvalue weighted by Gasteiger charge is -2.32. The predicted octanol–water partition coefficient (Wildman–Crippen LogP) is 1.29. The Hall–Kier alpha value is -1.95. The van der Waals surface area contributed by atoms with Crippen molar-refractivity contribution in [3.8, 4) is 17.2 Å². The van der Waals surface area contributed by atoms with E-state index in [9.17, 15) is 4.79 Å². The highest BCUT2D eigenvalue weighted by atomic mass is 16.5. The van der Waals surface area contributed by atoms with Crippen LogP contribution in [0.4, 0.5) is 0 Å². The normalized spacial score (nSPS) is 16.1. The standard InChI is InChI=1S/C16H24N2O4/c1-17-15(19)11-18-9-7-12(8-10-18)22-16-13(20-2)5-4-6-14(16)21-3/h4-6,12H,7-11H2,1-3H3,(H,17,19). The van der Waals surface area contributed by atoms with Crippen molar-refractivity contribution in [3.63, 3.8) is 0 Å². The number of likely N-dealkylation sites (tertiary alicyclic amines) is 1. The van der Waals surface area contributed by atoms with Gasteiger partial charge in [0.1, 0.15) is 6.10 Å². The Morgan fingerprint density at radius 1 is 1.23 bits per heavy atom. The van der Waals surface area contributed by atoms with Crippen LogP contribution >= 0.6 is 0 Å². The first-order valence-electron chi connectivity index (χ1n) is 7.48. The van der Waals surface area contributed by atoms with Crippen LogP contribution in [-0.2, 0) is 4.79 Å². The Bertz CT molecular complexity index is 477. The van der Waals surface area contributed by atoms with Crippen LogP contribution in [0.1, 0.15) is 12.8 Å². The number of hydrogen-bond donors (Lipinski definition) is 1. The molecule has 6 nitrogen and oxygen atoms in total. The van der Waals surface area contributed by atoms with Gasteiger partial charge in [0.25, 0.3) is 0 Å². The number of benzene rings is 1. The Morgan fingerprint density at radius 2 is 1.82 bits per heavy atom. The molecule has 22 heavy (non-hydrogen) atoms. The fraction of sp³-hybridized carbons (Fsp3) is 0.562. The maximum absolute atomic E-state index is 11.4. The molecule has 0 aliphatic carbocycles. The summed E-state index contributed by atoms with van der Waals surface area (Å²) < 4.78 is 16.8. The van der Waals surface area contributed by atoms with Gasteiger partial charge in [-0.2, -0.15) is 0 Å². The number of ether oxygens (including phenoxy) is 3. The summed E-state index contributed by atoms with van der Waals surface area (Å²) in [6.45, 7) is 2.13. The van der Waals surface area contributed by atoms with E-state index in [4.69, 9.17) is 14.2 Å². The molecule has 6 heteroatoms. The molecule has 1 heterocycles. The summed E-state index contributed by atoms with van der Waals surface area (Å²) >= 11 is 0. The van der Waals surface area contributed by atoms with Crippen LogP contribution in [0.5, 0.6) is 17.2 Å². The molecule has 2 rings (SSSR count). The summed E-state index contributed by atoms with van der Waals surface area (Å²) in [5.41, 5.74) is 0. The molecule has 0 aromatic heterocycles. The summed E-state index contributed by atoms with van der Waals surface area (Å²) in [5.74, 6) is 2.04. The third-order valence-electron chi connectivity index (χ3n) is 3.85. The van der Waals surface area contributed by atoms with Gasteiger partial charge >= 0.3 is 0 Å². The van der Waals surface area contributed by atoms with Crippen molar-refractivity contribution in [3.05, 3.63) is 18.2 Å². The molecule has 1 N–H and O–H groups in total. The van der Waals surface area contributed by atoms with Crippen LogP contribution in [0.15, 0.2) is 18.2 Å². The Kier molecular flexibility index (Phi) is 5.89. The van der Waals surface area contributed by atoms with E-state index in [-0.39, 0.29) is 12.0 Å². The maximum Gasteiger partial charge on any atom is 0.233 e. The van der Waals surface area contributed by atoms with E-state index in [1.54, 1.807) is 21.3 Å². The molecule has 1 saturated heterocycles. The minimum Gasteiger partial charge on any atom is -0.493 e. The number of hydrogen-bond acceptors (Lipinski definition) is 5. The average molecular weight is 308 g/mol. The fourth-order valence-corrected chi connectivity index (χ4v) is 2.57. The van der Waals surface area contributed by atoms with E-state index in [0.717, 1.165) is 25.9 Å².